The first-order valence-corrected chi connectivity index (χ1v) is 5.89. The molecule has 2 rings (SSSR count). The second kappa shape index (κ2) is 4.44. The van der Waals surface area contributed by atoms with E-state index in [1.54, 1.807) is 6.07 Å². The van der Waals surface area contributed by atoms with Gasteiger partial charge in [0.2, 0.25) is 12.3 Å². The molecule has 0 atom stereocenters. The number of anilines is 2. The van der Waals surface area contributed by atoms with E-state index in [1.807, 2.05) is 0 Å². The molecule has 1 radical (unpaired) electrons. The predicted molar refractivity (Wildman–Crippen MR) is 58.2 cm³/mol. The van der Waals surface area contributed by atoms with Gasteiger partial charge in [-0.15, -0.1) is 0 Å². The highest BCUT2D eigenvalue weighted by Gasteiger charge is 2.09. The van der Waals surface area contributed by atoms with Gasteiger partial charge in [0.05, 0.1) is 4.90 Å². The molecule has 7 nitrogen and oxygen atoms in total. The van der Waals surface area contributed by atoms with Gasteiger partial charge in [-0.05, 0) is 18.2 Å². The number of rotatable bonds is 3. The molecule has 0 bridgehead atoms. The zero-order chi connectivity index (χ0) is 12.3. The summed E-state index contributed by atoms with van der Waals surface area (Å²) in [5.74, 6) is 0.229. The van der Waals surface area contributed by atoms with Crippen LogP contribution in [-0.2, 0) is 10.1 Å². The lowest BCUT2D eigenvalue weighted by Gasteiger charge is -2.04. The van der Waals surface area contributed by atoms with Crippen LogP contribution in [0.5, 0.6) is 0 Å². The summed E-state index contributed by atoms with van der Waals surface area (Å²) in [4.78, 5) is 10.8. The number of hydrogen-bond donors (Lipinski definition) is 2. The van der Waals surface area contributed by atoms with E-state index >= 15 is 0 Å². The zero-order valence-corrected chi connectivity index (χ0v) is 9.22. The molecule has 2 aromatic rings. The first-order chi connectivity index (χ1) is 8.05. The second-order valence-electron chi connectivity index (χ2n) is 3.04. The van der Waals surface area contributed by atoms with Crippen molar-refractivity contribution in [1.29, 1.82) is 0 Å². The Morgan fingerprint density at radius 1 is 1.35 bits per heavy atom. The summed E-state index contributed by atoms with van der Waals surface area (Å²) in [6.07, 6.45) is 3.59. The van der Waals surface area contributed by atoms with Crippen LogP contribution in [0.15, 0.2) is 35.5 Å². The number of benzene rings is 1. The molecule has 17 heavy (non-hydrogen) atoms. The van der Waals surface area contributed by atoms with Gasteiger partial charge in [-0.25, -0.2) is 9.97 Å². The summed E-state index contributed by atoms with van der Waals surface area (Å²) in [5.41, 5.74) is 0.430. The second-order valence-corrected chi connectivity index (χ2v) is 4.46. The first kappa shape index (κ1) is 11.4. The predicted octanol–water partition coefficient (Wildman–Crippen LogP) is 0.662. The molecule has 0 spiro atoms. The molecule has 0 aliphatic carbocycles. The summed E-state index contributed by atoms with van der Waals surface area (Å²) in [6, 6.07) is 5.63. The molecule has 2 N–H and O–H groups in total. The normalized spacial score (nSPS) is 11.1. The van der Waals surface area contributed by atoms with Gasteiger partial charge in [-0.3, -0.25) is 4.55 Å². The Kier molecular flexibility index (Phi) is 2.98. The minimum atomic E-state index is -4.22. The minimum Gasteiger partial charge on any atom is -0.324 e. The average molecular weight is 251 g/mol. The van der Waals surface area contributed by atoms with Crippen molar-refractivity contribution < 1.29 is 13.0 Å². The molecular weight excluding hydrogens is 244 g/mol. The lowest BCUT2D eigenvalue weighted by Crippen LogP contribution is -2.01. The highest BCUT2D eigenvalue weighted by Crippen LogP contribution is 2.17. The maximum atomic E-state index is 10.9. The molecule has 0 fully saturated rings. The Hall–Kier alpha value is -2.06. The Balaban J connectivity index is 2.29. The first-order valence-electron chi connectivity index (χ1n) is 4.45. The number of nitrogens with one attached hydrogen (secondary N) is 1. The molecule has 0 amide bonds. The van der Waals surface area contributed by atoms with E-state index in [0.29, 0.717) is 5.69 Å². The third-order valence-electron chi connectivity index (χ3n) is 1.84. The Morgan fingerprint density at radius 2 is 2.18 bits per heavy atom. The van der Waals surface area contributed by atoms with Crippen LogP contribution in [0.1, 0.15) is 0 Å². The standard InChI is InChI=1S/C9H7N4O3S/c14-17(15,16)8-3-1-2-7(4-8)13-9-11-5-10-6-12-9/h1-5H,(H,14,15,16)(H,10,11,12,13). The Bertz CT molecular complexity index is 615. The van der Waals surface area contributed by atoms with E-state index in [0.717, 1.165) is 0 Å². The minimum absolute atomic E-state index is 0.208. The van der Waals surface area contributed by atoms with Crippen molar-refractivity contribution in [3.63, 3.8) is 0 Å². The van der Waals surface area contributed by atoms with Gasteiger partial charge in [-0.1, -0.05) is 6.07 Å². The van der Waals surface area contributed by atoms with Gasteiger partial charge < -0.3 is 5.32 Å². The van der Waals surface area contributed by atoms with Crippen LogP contribution in [-0.4, -0.2) is 27.9 Å². The van der Waals surface area contributed by atoms with Crippen molar-refractivity contribution >= 4 is 21.8 Å². The van der Waals surface area contributed by atoms with Gasteiger partial charge >= 0.3 is 0 Å². The fourth-order valence-electron chi connectivity index (χ4n) is 1.14. The SMILES string of the molecule is O=S(=O)(O)c1cccc(Nc2n[c]ncn2)c1. The van der Waals surface area contributed by atoms with Crippen molar-refractivity contribution in [2.75, 3.05) is 5.32 Å². The van der Waals surface area contributed by atoms with E-state index < -0.39 is 10.1 Å². The third-order valence-corrected chi connectivity index (χ3v) is 2.69. The van der Waals surface area contributed by atoms with Crippen LogP contribution in [0.25, 0.3) is 0 Å². The fraction of sp³-hybridized carbons (Fsp3) is 0. The summed E-state index contributed by atoms with van der Waals surface area (Å²) in [5, 5.41) is 2.75. The highest BCUT2D eigenvalue weighted by atomic mass is 32.2. The maximum absolute atomic E-state index is 10.9. The fourth-order valence-corrected chi connectivity index (χ4v) is 1.66. The zero-order valence-electron chi connectivity index (χ0n) is 8.40. The molecular formula is C9H7N4O3S. The van der Waals surface area contributed by atoms with Crippen LogP contribution < -0.4 is 5.32 Å². The van der Waals surface area contributed by atoms with Crippen LogP contribution in [0.4, 0.5) is 11.6 Å². The molecule has 0 saturated carbocycles. The smallest absolute Gasteiger partial charge is 0.294 e. The molecule has 0 aliphatic heterocycles. The molecule has 0 unspecified atom stereocenters. The molecule has 0 saturated heterocycles. The monoisotopic (exact) mass is 251 g/mol. The maximum Gasteiger partial charge on any atom is 0.294 e. The quantitative estimate of drug-likeness (QED) is 0.772. The molecule has 1 heterocycles. The van der Waals surface area contributed by atoms with Gasteiger partial charge in [0.15, 0.2) is 0 Å². The van der Waals surface area contributed by atoms with E-state index in [9.17, 15) is 8.42 Å². The van der Waals surface area contributed by atoms with Crippen LogP contribution in [0.3, 0.4) is 0 Å². The van der Waals surface area contributed by atoms with Crippen molar-refractivity contribution in [3.05, 3.63) is 36.9 Å². The summed E-state index contributed by atoms with van der Waals surface area (Å²) < 4.78 is 30.7. The lowest BCUT2D eigenvalue weighted by atomic mass is 10.3. The number of hydrogen-bond acceptors (Lipinski definition) is 6. The van der Waals surface area contributed by atoms with Crippen LogP contribution in [0, 0.1) is 6.33 Å². The summed E-state index contributed by atoms with van der Waals surface area (Å²) in [6.45, 7) is 0. The lowest BCUT2D eigenvalue weighted by molar-refractivity contribution is 0.483. The van der Waals surface area contributed by atoms with Crippen LogP contribution in [0.2, 0.25) is 0 Å². The number of aromatic nitrogens is 3. The topological polar surface area (TPSA) is 105 Å². The average Bonchev–Trinajstić information content (AvgIpc) is 2.29. The van der Waals surface area contributed by atoms with E-state index in [1.165, 1.54) is 24.5 Å². The Morgan fingerprint density at radius 3 is 2.82 bits per heavy atom. The molecule has 1 aromatic heterocycles. The Labute approximate surface area is 97.3 Å². The van der Waals surface area contributed by atoms with Crippen molar-refractivity contribution in [1.82, 2.24) is 15.0 Å². The molecule has 0 aliphatic rings. The highest BCUT2D eigenvalue weighted by molar-refractivity contribution is 7.85. The van der Waals surface area contributed by atoms with E-state index in [2.05, 4.69) is 26.6 Å². The van der Waals surface area contributed by atoms with E-state index in [4.69, 9.17) is 4.55 Å². The number of nitrogens with zero attached hydrogens (tertiary/aromatic N) is 3. The van der Waals surface area contributed by atoms with Gasteiger partial charge in [0.1, 0.15) is 6.33 Å². The van der Waals surface area contributed by atoms with Crippen LogP contribution >= 0.6 is 0 Å². The summed E-state index contributed by atoms with van der Waals surface area (Å²) in [7, 11) is -4.22. The molecule has 1 aromatic carbocycles. The van der Waals surface area contributed by atoms with Gasteiger partial charge in [0, 0.05) is 5.69 Å². The molecule has 87 valence electrons. The van der Waals surface area contributed by atoms with Crippen molar-refractivity contribution in [3.8, 4) is 0 Å². The largest absolute Gasteiger partial charge is 0.324 e. The van der Waals surface area contributed by atoms with E-state index in [-0.39, 0.29) is 10.8 Å². The molecule has 8 heteroatoms. The van der Waals surface area contributed by atoms with Crippen molar-refractivity contribution in [2.45, 2.75) is 4.90 Å². The van der Waals surface area contributed by atoms with Gasteiger partial charge in [-0.2, -0.15) is 13.4 Å². The van der Waals surface area contributed by atoms with Crippen molar-refractivity contribution in [2.24, 2.45) is 0 Å². The third kappa shape index (κ3) is 2.95. The summed E-state index contributed by atoms with van der Waals surface area (Å²) >= 11 is 0. The van der Waals surface area contributed by atoms with Gasteiger partial charge in [0.25, 0.3) is 10.1 Å².